The van der Waals surface area contributed by atoms with Crippen molar-refractivity contribution in [2.45, 2.75) is 25.5 Å². The molecular weight excluding hydrogens is 222 g/mol. The number of hydrogen-bond acceptors (Lipinski definition) is 5. The van der Waals surface area contributed by atoms with Crippen LogP contribution in [-0.4, -0.2) is 35.7 Å². The second-order valence-electron chi connectivity index (χ2n) is 4.65. The van der Waals surface area contributed by atoms with Crippen LogP contribution in [0.1, 0.15) is 17.7 Å². The van der Waals surface area contributed by atoms with Crippen molar-refractivity contribution in [3.63, 3.8) is 0 Å². The molecule has 0 bridgehead atoms. The summed E-state index contributed by atoms with van der Waals surface area (Å²) in [6.45, 7) is 3.94. The highest BCUT2D eigenvalue weighted by atomic mass is 32.1. The Hall–Kier alpha value is -0.650. The molecule has 1 atom stereocenters. The van der Waals surface area contributed by atoms with E-state index in [1.165, 1.54) is 17.7 Å². The Morgan fingerprint density at radius 2 is 2.44 bits per heavy atom. The average Bonchev–Trinajstić information content (AvgIpc) is 3.05. The van der Waals surface area contributed by atoms with Crippen LogP contribution in [-0.2, 0) is 11.3 Å². The molecule has 2 N–H and O–H groups in total. The van der Waals surface area contributed by atoms with Crippen LogP contribution in [0.5, 0.6) is 0 Å². The van der Waals surface area contributed by atoms with Gasteiger partial charge in [0.25, 0.3) is 0 Å². The fraction of sp³-hybridized carbons (Fsp3) is 0.727. The van der Waals surface area contributed by atoms with E-state index < -0.39 is 0 Å². The zero-order valence-electron chi connectivity index (χ0n) is 9.26. The van der Waals surface area contributed by atoms with Crippen molar-refractivity contribution < 1.29 is 4.74 Å². The summed E-state index contributed by atoms with van der Waals surface area (Å²) in [7, 11) is 0. The van der Waals surface area contributed by atoms with Crippen LogP contribution in [0.15, 0.2) is 6.20 Å². The Labute approximate surface area is 99.4 Å². The van der Waals surface area contributed by atoms with Gasteiger partial charge in [-0.25, -0.2) is 4.98 Å². The lowest BCUT2D eigenvalue weighted by Crippen LogP contribution is -2.42. The molecule has 1 unspecified atom stereocenters. The van der Waals surface area contributed by atoms with E-state index in [1.807, 2.05) is 6.20 Å². The summed E-state index contributed by atoms with van der Waals surface area (Å²) in [6, 6.07) is 0. The van der Waals surface area contributed by atoms with Crippen molar-refractivity contribution in [3.8, 4) is 0 Å². The van der Waals surface area contributed by atoms with E-state index in [-0.39, 0.29) is 0 Å². The van der Waals surface area contributed by atoms with Gasteiger partial charge in [-0.3, -0.25) is 4.90 Å². The van der Waals surface area contributed by atoms with Crippen molar-refractivity contribution in [2.24, 2.45) is 5.92 Å². The lowest BCUT2D eigenvalue weighted by atomic mass is 10.2. The number of rotatable bonds is 3. The Morgan fingerprint density at radius 1 is 1.56 bits per heavy atom. The Kier molecular flexibility index (Phi) is 2.83. The SMILES string of the molecule is Nc1ncc(CN2CCOC(C3CC3)C2)s1. The van der Waals surface area contributed by atoms with Crippen LogP contribution in [0, 0.1) is 5.92 Å². The monoisotopic (exact) mass is 239 g/mol. The van der Waals surface area contributed by atoms with Gasteiger partial charge in [0.15, 0.2) is 5.13 Å². The molecule has 1 saturated heterocycles. The van der Waals surface area contributed by atoms with Crippen molar-refractivity contribution >= 4 is 16.5 Å². The van der Waals surface area contributed by atoms with Crippen molar-refractivity contribution in [1.82, 2.24) is 9.88 Å². The van der Waals surface area contributed by atoms with Gasteiger partial charge in [-0.15, -0.1) is 11.3 Å². The van der Waals surface area contributed by atoms with Crippen molar-refractivity contribution in [3.05, 3.63) is 11.1 Å². The molecule has 0 aromatic carbocycles. The molecule has 88 valence electrons. The Morgan fingerprint density at radius 3 is 3.12 bits per heavy atom. The second kappa shape index (κ2) is 4.31. The minimum atomic E-state index is 0.471. The largest absolute Gasteiger partial charge is 0.375 e. The standard InChI is InChI=1S/C11H17N3OS/c12-11-13-5-9(16-11)6-14-3-4-15-10(7-14)8-1-2-8/h5,8,10H,1-4,6-7H2,(H2,12,13). The van der Waals surface area contributed by atoms with Crippen LogP contribution >= 0.6 is 11.3 Å². The summed E-state index contributed by atoms with van der Waals surface area (Å²) < 4.78 is 5.80. The third kappa shape index (κ3) is 2.36. The molecule has 1 saturated carbocycles. The molecule has 0 spiro atoms. The number of thiazole rings is 1. The summed E-state index contributed by atoms with van der Waals surface area (Å²) in [5.41, 5.74) is 5.63. The minimum Gasteiger partial charge on any atom is -0.375 e. The van der Waals surface area contributed by atoms with E-state index in [1.54, 1.807) is 11.3 Å². The quantitative estimate of drug-likeness (QED) is 0.864. The molecule has 2 aliphatic rings. The lowest BCUT2D eigenvalue weighted by molar-refractivity contribution is -0.0415. The van der Waals surface area contributed by atoms with Crippen LogP contribution in [0.4, 0.5) is 5.13 Å². The normalized spacial score (nSPS) is 27.1. The Balaban J connectivity index is 1.57. The first-order valence-corrected chi connectivity index (χ1v) is 6.67. The summed E-state index contributed by atoms with van der Waals surface area (Å²) >= 11 is 1.59. The first kappa shape index (κ1) is 10.5. The van der Waals surface area contributed by atoms with Crippen LogP contribution in [0.3, 0.4) is 0 Å². The smallest absolute Gasteiger partial charge is 0.180 e. The predicted octanol–water partition coefficient (Wildman–Crippen LogP) is 1.34. The van der Waals surface area contributed by atoms with Crippen LogP contribution < -0.4 is 5.73 Å². The topological polar surface area (TPSA) is 51.4 Å². The minimum absolute atomic E-state index is 0.471. The molecule has 2 fully saturated rings. The van der Waals surface area contributed by atoms with E-state index in [0.717, 1.165) is 32.2 Å². The number of nitrogen functional groups attached to an aromatic ring is 1. The summed E-state index contributed by atoms with van der Waals surface area (Å²) in [5, 5.41) is 0.669. The number of morpholine rings is 1. The third-order valence-electron chi connectivity index (χ3n) is 3.28. The zero-order valence-corrected chi connectivity index (χ0v) is 10.1. The van der Waals surface area contributed by atoms with E-state index in [0.29, 0.717) is 11.2 Å². The van der Waals surface area contributed by atoms with Gasteiger partial charge >= 0.3 is 0 Å². The van der Waals surface area contributed by atoms with E-state index in [2.05, 4.69) is 9.88 Å². The van der Waals surface area contributed by atoms with Gasteiger partial charge in [-0.05, 0) is 18.8 Å². The average molecular weight is 239 g/mol. The molecular formula is C11H17N3OS. The third-order valence-corrected chi connectivity index (χ3v) is 4.09. The maximum absolute atomic E-state index is 5.80. The molecule has 1 aliphatic carbocycles. The van der Waals surface area contributed by atoms with Gasteiger partial charge in [-0.1, -0.05) is 0 Å². The number of aromatic nitrogens is 1. The van der Waals surface area contributed by atoms with Gasteiger partial charge in [-0.2, -0.15) is 0 Å². The van der Waals surface area contributed by atoms with E-state index in [4.69, 9.17) is 10.5 Å². The molecule has 0 radical (unpaired) electrons. The molecule has 1 aliphatic heterocycles. The van der Waals surface area contributed by atoms with Gasteiger partial charge in [0, 0.05) is 30.7 Å². The molecule has 1 aromatic heterocycles. The van der Waals surface area contributed by atoms with Gasteiger partial charge < -0.3 is 10.5 Å². The van der Waals surface area contributed by atoms with Gasteiger partial charge in [0.05, 0.1) is 12.7 Å². The van der Waals surface area contributed by atoms with Crippen molar-refractivity contribution in [2.75, 3.05) is 25.4 Å². The molecule has 3 rings (SSSR count). The number of ether oxygens (including phenoxy) is 1. The van der Waals surface area contributed by atoms with Crippen LogP contribution in [0.25, 0.3) is 0 Å². The second-order valence-corrected chi connectivity index (χ2v) is 5.79. The summed E-state index contributed by atoms with van der Waals surface area (Å²) in [6.07, 6.45) is 5.07. The van der Waals surface area contributed by atoms with Gasteiger partial charge in [0.2, 0.25) is 0 Å². The van der Waals surface area contributed by atoms with E-state index in [9.17, 15) is 0 Å². The number of nitrogens with two attached hydrogens (primary N) is 1. The van der Waals surface area contributed by atoms with Crippen LogP contribution in [0.2, 0.25) is 0 Å². The fourth-order valence-corrected chi connectivity index (χ4v) is 2.97. The molecule has 16 heavy (non-hydrogen) atoms. The number of anilines is 1. The van der Waals surface area contributed by atoms with Crippen molar-refractivity contribution in [1.29, 1.82) is 0 Å². The Bertz CT molecular complexity index is 364. The highest BCUT2D eigenvalue weighted by molar-refractivity contribution is 7.15. The molecule has 0 amide bonds. The molecule has 2 heterocycles. The fourth-order valence-electron chi connectivity index (χ4n) is 2.24. The maximum Gasteiger partial charge on any atom is 0.180 e. The highest BCUT2D eigenvalue weighted by Crippen LogP contribution is 2.36. The highest BCUT2D eigenvalue weighted by Gasteiger charge is 2.35. The summed E-state index contributed by atoms with van der Waals surface area (Å²) in [4.78, 5) is 7.80. The predicted molar refractivity (Wildman–Crippen MR) is 64.3 cm³/mol. The number of hydrogen-bond donors (Lipinski definition) is 1. The lowest BCUT2D eigenvalue weighted by Gasteiger charge is -2.32. The molecule has 1 aromatic rings. The first-order valence-electron chi connectivity index (χ1n) is 5.85. The zero-order chi connectivity index (χ0) is 11.0. The molecule has 5 heteroatoms. The van der Waals surface area contributed by atoms with Gasteiger partial charge in [0.1, 0.15) is 0 Å². The first-order chi connectivity index (χ1) is 7.81. The summed E-state index contributed by atoms with van der Waals surface area (Å²) in [5.74, 6) is 0.828. The number of nitrogens with zero attached hydrogens (tertiary/aromatic N) is 2. The maximum atomic E-state index is 5.80. The molecule has 4 nitrogen and oxygen atoms in total. The van der Waals surface area contributed by atoms with E-state index >= 15 is 0 Å².